The number of unbranched alkanes of at least 4 members (excludes halogenated alkanes) is 5. The molecule has 334 valence electrons. The highest BCUT2D eigenvalue weighted by Gasteiger charge is 2.09. The molecule has 0 fully saturated rings. The molecule has 0 aromatic heterocycles. The largest absolute Gasteiger partial charge is 0.369 e. The van der Waals surface area contributed by atoms with Crippen molar-refractivity contribution in [1.29, 1.82) is 0 Å². The van der Waals surface area contributed by atoms with Gasteiger partial charge in [0.15, 0.2) is 0 Å². The van der Waals surface area contributed by atoms with Crippen molar-refractivity contribution < 1.29 is 31.1 Å². The summed E-state index contributed by atoms with van der Waals surface area (Å²) >= 11 is 0. The van der Waals surface area contributed by atoms with Crippen LogP contribution in [0.15, 0.2) is 0 Å². The molecule has 16 N–H and O–H groups in total. The van der Waals surface area contributed by atoms with Crippen molar-refractivity contribution in [2.24, 2.45) is 64.0 Å². The van der Waals surface area contributed by atoms with Crippen LogP contribution in [0.25, 0.3) is 0 Å². The summed E-state index contributed by atoms with van der Waals surface area (Å²) < 4.78 is 0. The zero-order valence-electron chi connectivity index (χ0n) is 36.0. The summed E-state index contributed by atoms with van der Waals surface area (Å²) in [7, 11) is 7.71. The third kappa shape index (κ3) is 53.5. The maximum Gasteiger partial charge on any atom is 0.220 e. The fraction of sp³-hybridized carbons (Fsp3) is 0.872. The van der Waals surface area contributed by atoms with Crippen molar-refractivity contribution in [3.8, 4) is 0 Å². The predicted molar refractivity (Wildman–Crippen MR) is 236 cm³/mol. The molecule has 15 nitrogen and oxygen atoms in total. The Hall–Kier alpha value is -2.85. The summed E-state index contributed by atoms with van der Waals surface area (Å²) in [5.74, 6) is -0.811. The van der Waals surface area contributed by atoms with E-state index in [1.165, 1.54) is 0 Å². The minimum Gasteiger partial charge on any atom is -0.369 e. The van der Waals surface area contributed by atoms with Crippen LogP contribution in [0, 0.1) is 29.6 Å². The van der Waals surface area contributed by atoms with Gasteiger partial charge in [-0.3, -0.25) is 24.0 Å². The van der Waals surface area contributed by atoms with Gasteiger partial charge in [-0.05, 0) is 125 Å². The summed E-state index contributed by atoms with van der Waals surface area (Å²) in [5, 5.41) is 12.2. The lowest BCUT2D eigenvalue weighted by molar-refractivity contribution is -0.122. The Balaban J connectivity index is -0.0000000623. The van der Waals surface area contributed by atoms with E-state index in [-0.39, 0.29) is 66.3 Å². The van der Waals surface area contributed by atoms with Gasteiger partial charge in [-0.2, -0.15) is 0 Å². The SMILES string of the molecule is CC(CCCCN)C(N)=O.CNCCCCC(C)C(N)=O.CNCCCCC(C)C(N)=O.CNCCCCC(C)C(N)=O.CNCCCCC(C)C(N)=O.[HH].[HH].[HH].[HH].[HH]. The Labute approximate surface area is 337 Å². The van der Waals surface area contributed by atoms with Gasteiger partial charge in [-0.25, -0.2) is 0 Å². The quantitative estimate of drug-likeness (QED) is 0.0493. The molecule has 5 unspecified atom stereocenters. The molecule has 0 aliphatic rings. The Morgan fingerprint density at radius 1 is 0.370 bits per heavy atom. The van der Waals surface area contributed by atoms with Crippen LogP contribution in [0.2, 0.25) is 0 Å². The minimum absolute atomic E-state index is 0. The van der Waals surface area contributed by atoms with Gasteiger partial charge in [0.1, 0.15) is 0 Å². The van der Waals surface area contributed by atoms with Gasteiger partial charge < -0.3 is 55.7 Å². The van der Waals surface area contributed by atoms with Crippen molar-refractivity contribution >= 4 is 29.5 Å². The fourth-order valence-corrected chi connectivity index (χ4v) is 4.32. The molecule has 0 aromatic carbocycles. The third-order valence-corrected chi connectivity index (χ3v) is 8.78. The van der Waals surface area contributed by atoms with E-state index in [4.69, 9.17) is 34.4 Å². The molecular weight excluding hydrogens is 688 g/mol. The van der Waals surface area contributed by atoms with Crippen LogP contribution in [-0.4, -0.2) is 90.5 Å². The lowest BCUT2D eigenvalue weighted by Crippen LogP contribution is -2.20. The fourth-order valence-electron chi connectivity index (χ4n) is 4.32. The zero-order valence-corrected chi connectivity index (χ0v) is 36.0. The number of primary amides is 5. The molecule has 0 rings (SSSR count). The number of carbonyl (C=O) groups is 5. The molecule has 0 spiro atoms. The molecular formula is C39H98N10O5. The number of amides is 5. The monoisotopic (exact) mass is 787 g/mol. The Morgan fingerprint density at radius 2 is 0.537 bits per heavy atom. The normalized spacial score (nSPS) is 12.9. The number of nitrogens with one attached hydrogen (secondary N) is 4. The van der Waals surface area contributed by atoms with Gasteiger partial charge in [-0.15, -0.1) is 0 Å². The van der Waals surface area contributed by atoms with Gasteiger partial charge in [0.25, 0.3) is 0 Å². The predicted octanol–water partition coefficient (Wildman–Crippen LogP) is 3.46. The van der Waals surface area contributed by atoms with Gasteiger partial charge in [0.05, 0.1) is 0 Å². The number of nitrogens with two attached hydrogens (primary N) is 6. The molecule has 5 amide bonds. The summed E-state index contributed by atoms with van der Waals surface area (Å²) in [4.78, 5) is 52.8. The van der Waals surface area contributed by atoms with Crippen LogP contribution in [-0.2, 0) is 24.0 Å². The molecule has 0 radical (unpaired) electrons. The van der Waals surface area contributed by atoms with E-state index in [9.17, 15) is 24.0 Å². The van der Waals surface area contributed by atoms with Crippen molar-refractivity contribution in [3.05, 3.63) is 0 Å². The second kappa shape index (κ2) is 46.3. The van der Waals surface area contributed by atoms with E-state index >= 15 is 0 Å². The first kappa shape index (κ1) is 60.4. The first-order valence-corrected chi connectivity index (χ1v) is 20.2. The number of carbonyl (C=O) groups excluding carboxylic acids is 5. The second-order valence-corrected chi connectivity index (χ2v) is 14.2. The van der Waals surface area contributed by atoms with Crippen molar-refractivity contribution in [2.45, 2.75) is 131 Å². The zero-order chi connectivity index (χ0) is 42.7. The van der Waals surface area contributed by atoms with Crippen molar-refractivity contribution in [1.82, 2.24) is 21.3 Å². The van der Waals surface area contributed by atoms with Gasteiger partial charge >= 0.3 is 0 Å². The number of hydrogen-bond acceptors (Lipinski definition) is 10. The summed E-state index contributed by atoms with van der Waals surface area (Å²) in [6.45, 7) is 14.1. The maximum absolute atomic E-state index is 10.6. The molecule has 0 saturated carbocycles. The average molecular weight is 787 g/mol. The number of hydrogen-bond donors (Lipinski definition) is 10. The van der Waals surface area contributed by atoms with E-state index in [1.807, 2.05) is 62.8 Å². The van der Waals surface area contributed by atoms with E-state index in [2.05, 4.69) is 21.3 Å². The molecule has 0 aliphatic carbocycles. The second-order valence-electron chi connectivity index (χ2n) is 14.2. The Kier molecular flexibility index (Phi) is 51.8. The smallest absolute Gasteiger partial charge is 0.220 e. The highest BCUT2D eigenvalue weighted by atomic mass is 16.2. The lowest BCUT2D eigenvalue weighted by Gasteiger charge is -2.05. The van der Waals surface area contributed by atoms with Crippen molar-refractivity contribution in [2.75, 3.05) is 60.9 Å². The lowest BCUT2D eigenvalue weighted by atomic mass is 10.0. The summed E-state index contributed by atoms with van der Waals surface area (Å²) in [5.41, 5.74) is 30.7. The van der Waals surface area contributed by atoms with Crippen molar-refractivity contribution in [3.63, 3.8) is 0 Å². The third-order valence-electron chi connectivity index (χ3n) is 8.78. The maximum atomic E-state index is 10.6. The molecule has 0 bridgehead atoms. The molecule has 15 heteroatoms. The molecule has 0 aromatic rings. The van der Waals surface area contributed by atoms with Crippen LogP contribution in [0.5, 0.6) is 0 Å². The first-order chi connectivity index (χ1) is 25.4. The van der Waals surface area contributed by atoms with E-state index in [1.54, 1.807) is 0 Å². The van der Waals surface area contributed by atoms with Crippen LogP contribution in [0.3, 0.4) is 0 Å². The van der Waals surface area contributed by atoms with Crippen LogP contribution in [0.4, 0.5) is 0 Å². The van der Waals surface area contributed by atoms with Gasteiger partial charge in [0.2, 0.25) is 29.5 Å². The minimum atomic E-state index is -0.211. The van der Waals surface area contributed by atoms with Gasteiger partial charge in [-0.1, -0.05) is 66.7 Å². The Bertz CT molecular complexity index is 795. The molecule has 0 aliphatic heterocycles. The molecule has 0 heterocycles. The standard InChI is InChI=1S/4C8H18N2O.C7H16N2O.5H2/c4*1-7(8(9)11)5-3-4-6-10-2;1-6(7(9)10)4-2-3-5-8;;;;;/h4*7,10H,3-6H2,1-2H3,(H2,9,11);6H,2-5,8H2,1H3,(H2,9,10);5*1H. The molecule has 0 saturated heterocycles. The van der Waals surface area contributed by atoms with E-state index in [0.717, 1.165) is 122 Å². The van der Waals surface area contributed by atoms with Crippen LogP contribution >= 0.6 is 0 Å². The average Bonchev–Trinajstić information content (AvgIpc) is 3.12. The summed E-state index contributed by atoms with van der Waals surface area (Å²) in [6.07, 6.45) is 15.3. The molecule has 54 heavy (non-hydrogen) atoms. The van der Waals surface area contributed by atoms with E-state index in [0.29, 0.717) is 6.54 Å². The van der Waals surface area contributed by atoms with Crippen LogP contribution in [0.1, 0.15) is 138 Å². The van der Waals surface area contributed by atoms with Gasteiger partial charge in [0, 0.05) is 36.7 Å². The number of rotatable bonds is 29. The topological polar surface area (TPSA) is 290 Å². The summed E-state index contributed by atoms with van der Waals surface area (Å²) in [6, 6.07) is 0. The first-order valence-electron chi connectivity index (χ1n) is 20.2. The van der Waals surface area contributed by atoms with E-state index < -0.39 is 0 Å². The highest BCUT2D eigenvalue weighted by molar-refractivity contribution is 5.77. The van der Waals surface area contributed by atoms with Crippen LogP contribution < -0.4 is 55.7 Å². The Morgan fingerprint density at radius 3 is 0.667 bits per heavy atom. The highest BCUT2D eigenvalue weighted by Crippen LogP contribution is 2.08. The molecule has 5 atom stereocenters.